The van der Waals surface area contributed by atoms with Crippen LogP contribution < -0.4 is 10.1 Å². The number of aryl methyl sites for hydroxylation is 1. The highest BCUT2D eigenvalue weighted by Gasteiger charge is 2.36. The quantitative estimate of drug-likeness (QED) is 0.699. The first-order valence-electron chi connectivity index (χ1n) is 9.32. The van der Waals surface area contributed by atoms with Crippen molar-refractivity contribution in [1.29, 1.82) is 0 Å². The number of carbonyl (C=O) groups excluding carboxylic acids is 2. The number of halogens is 1. The molecule has 9 heteroatoms. The molecule has 160 valence electrons. The topological polar surface area (TPSA) is 92.8 Å². The van der Waals surface area contributed by atoms with Crippen molar-refractivity contribution in [3.8, 4) is 5.75 Å². The Morgan fingerprint density at radius 1 is 1.30 bits per heavy atom. The van der Waals surface area contributed by atoms with Crippen molar-refractivity contribution in [2.45, 2.75) is 25.9 Å². The van der Waals surface area contributed by atoms with E-state index < -0.39 is 21.8 Å². The maximum atomic E-state index is 13.2. The van der Waals surface area contributed by atoms with E-state index in [0.717, 1.165) is 17.4 Å². The zero-order chi connectivity index (χ0) is 22.1. The molecule has 0 fully saturated rings. The van der Waals surface area contributed by atoms with E-state index >= 15 is 0 Å². The highest BCUT2D eigenvalue weighted by atomic mass is 35.5. The maximum absolute atomic E-state index is 13.2. The molecule has 7 nitrogen and oxygen atoms in total. The SMILES string of the molecule is COc1cc(Cl)c(C)cc1NC(=O)[C@@H](CCS(C)(=O)=O)N1Cc2ccccc2C1=O. The molecule has 0 saturated carbocycles. The Morgan fingerprint density at radius 3 is 2.63 bits per heavy atom. The van der Waals surface area contributed by atoms with Gasteiger partial charge in [0.1, 0.15) is 21.6 Å². The van der Waals surface area contributed by atoms with Crippen LogP contribution in [0.25, 0.3) is 0 Å². The number of nitrogens with one attached hydrogen (secondary N) is 1. The highest BCUT2D eigenvalue weighted by molar-refractivity contribution is 7.90. The van der Waals surface area contributed by atoms with Crippen molar-refractivity contribution >= 4 is 38.9 Å². The molecule has 1 N–H and O–H groups in total. The van der Waals surface area contributed by atoms with Crippen LogP contribution in [0.15, 0.2) is 36.4 Å². The van der Waals surface area contributed by atoms with Crippen LogP contribution in [0.1, 0.15) is 27.9 Å². The summed E-state index contributed by atoms with van der Waals surface area (Å²) in [6.07, 6.45) is 1.09. The van der Waals surface area contributed by atoms with E-state index in [4.69, 9.17) is 16.3 Å². The number of hydrogen-bond acceptors (Lipinski definition) is 5. The fourth-order valence-corrected chi connectivity index (χ4v) is 4.23. The van der Waals surface area contributed by atoms with Gasteiger partial charge in [0.15, 0.2) is 0 Å². The first-order chi connectivity index (χ1) is 14.1. The van der Waals surface area contributed by atoms with Crippen molar-refractivity contribution in [2.24, 2.45) is 0 Å². The monoisotopic (exact) mass is 450 g/mol. The number of hydrogen-bond donors (Lipinski definition) is 1. The lowest BCUT2D eigenvalue weighted by molar-refractivity contribution is -0.120. The maximum Gasteiger partial charge on any atom is 0.255 e. The molecule has 0 spiro atoms. The molecule has 2 amide bonds. The van der Waals surface area contributed by atoms with Crippen molar-refractivity contribution in [1.82, 2.24) is 4.90 Å². The van der Waals surface area contributed by atoms with Gasteiger partial charge < -0.3 is 15.0 Å². The lowest BCUT2D eigenvalue weighted by atomic mass is 10.1. The Kier molecular flexibility index (Phi) is 6.38. The Bertz CT molecular complexity index is 1100. The van der Waals surface area contributed by atoms with Crippen molar-refractivity contribution in [3.63, 3.8) is 0 Å². The van der Waals surface area contributed by atoms with Gasteiger partial charge in [-0.15, -0.1) is 0 Å². The molecule has 1 aliphatic heterocycles. The van der Waals surface area contributed by atoms with E-state index in [1.54, 1.807) is 31.2 Å². The number of benzene rings is 2. The van der Waals surface area contributed by atoms with Gasteiger partial charge in [-0.3, -0.25) is 9.59 Å². The second kappa shape index (κ2) is 8.65. The third-order valence-corrected chi connectivity index (χ3v) is 6.41. The van der Waals surface area contributed by atoms with Crippen molar-refractivity contribution in [2.75, 3.05) is 24.4 Å². The number of methoxy groups -OCH3 is 1. The minimum atomic E-state index is -3.33. The van der Waals surface area contributed by atoms with Gasteiger partial charge in [-0.1, -0.05) is 29.8 Å². The van der Waals surface area contributed by atoms with Crippen LogP contribution in [0, 0.1) is 6.92 Å². The molecule has 0 bridgehead atoms. The Balaban J connectivity index is 1.91. The number of fused-ring (bicyclic) bond motifs is 1. The standard InChI is InChI=1S/C21H23ClN2O5S/c1-13-10-17(19(29-2)11-16(13)22)23-20(25)18(8-9-30(3,27)28)24-12-14-6-4-5-7-15(14)21(24)26/h4-7,10-11,18H,8-9,12H2,1-3H3,(H,23,25)/t18-/m1/s1. The van der Waals surface area contributed by atoms with Crippen LogP contribution in [0.5, 0.6) is 5.75 Å². The highest BCUT2D eigenvalue weighted by Crippen LogP contribution is 2.32. The summed E-state index contributed by atoms with van der Waals surface area (Å²) in [5, 5.41) is 3.27. The van der Waals surface area contributed by atoms with Gasteiger partial charge in [0.25, 0.3) is 5.91 Å². The molecule has 30 heavy (non-hydrogen) atoms. The predicted octanol–water partition coefficient (Wildman–Crippen LogP) is 3.05. The third-order valence-electron chi connectivity index (χ3n) is 5.03. The molecule has 2 aromatic carbocycles. The second-order valence-corrected chi connectivity index (χ2v) is 9.98. The molecular formula is C21H23ClN2O5S. The van der Waals surface area contributed by atoms with Gasteiger partial charge in [-0.25, -0.2) is 8.42 Å². The summed E-state index contributed by atoms with van der Waals surface area (Å²) < 4.78 is 28.8. The zero-order valence-corrected chi connectivity index (χ0v) is 18.5. The number of ether oxygens (including phenoxy) is 1. The van der Waals surface area contributed by atoms with Crippen molar-refractivity contribution in [3.05, 3.63) is 58.1 Å². The number of anilines is 1. The number of carbonyl (C=O) groups is 2. The lowest BCUT2D eigenvalue weighted by Gasteiger charge is -2.27. The average molecular weight is 451 g/mol. The predicted molar refractivity (Wildman–Crippen MR) is 116 cm³/mol. The molecule has 0 unspecified atom stereocenters. The van der Waals surface area contributed by atoms with Crippen LogP contribution in [-0.4, -0.2) is 50.3 Å². The Morgan fingerprint density at radius 2 is 2.00 bits per heavy atom. The normalized spacial score (nSPS) is 14.4. The summed E-state index contributed by atoms with van der Waals surface area (Å²) in [4.78, 5) is 27.5. The summed E-state index contributed by atoms with van der Waals surface area (Å²) in [5.41, 5.74) is 2.47. The van der Waals surface area contributed by atoms with Crippen LogP contribution in [-0.2, 0) is 21.2 Å². The number of amides is 2. The number of sulfone groups is 1. The minimum absolute atomic E-state index is 0.0146. The van der Waals surface area contributed by atoms with Gasteiger partial charge in [-0.05, 0) is 36.6 Å². The fraction of sp³-hybridized carbons (Fsp3) is 0.333. The fourth-order valence-electron chi connectivity index (χ4n) is 3.43. The molecule has 2 aromatic rings. The van der Waals surface area contributed by atoms with E-state index in [0.29, 0.717) is 22.0 Å². The zero-order valence-electron chi connectivity index (χ0n) is 16.9. The molecule has 0 saturated heterocycles. The van der Waals surface area contributed by atoms with Crippen molar-refractivity contribution < 1.29 is 22.7 Å². The molecule has 0 aromatic heterocycles. The summed E-state index contributed by atoms with van der Waals surface area (Å²) in [7, 11) is -1.87. The smallest absolute Gasteiger partial charge is 0.255 e. The van der Waals surface area contributed by atoms with Gasteiger partial charge >= 0.3 is 0 Å². The minimum Gasteiger partial charge on any atom is -0.495 e. The largest absolute Gasteiger partial charge is 0.495 e. The average Bonchev–Trinajstić information content (AvgIpc) is 3.00. The summed E-state index contributed by atoms with van der Waals surface area (Å²) in [5.74, 6) is -0.627. The molecule has 0 radical (unpaired) electrons. The first kappa shape index (κ1) is 22.1. The van der Waals surface area contributed by atoms with E-state index in [1.165, 1.54) is 12.0 Å². The van der Waals surface area contributed by atoms with Gasteiger partial charge in [0, 0.05) is 29.5 Å². The molecule has 1 atom stereocenters. The van der Waals surface area contributed by atoms with E-state index in [-0.39, 0.29) is 24.6 Å². The van der Waals surface area contributed by atoms with E-state index in [9.17, 15) is 18.0 Å². The first-order valence-corrected chi connectivity index (χ1v) is 11.8. The molecular weight excluding hydrogens is 428 g/mol. The van der Waals surface area contributed by atoms with Gasteiger partial charge in [-0.2, -0.15) is 0 Å². The number of nitrogens with zero attached hydrogens (tertiary/aromatic N) is 1. The Labute approximate surface area is 180 Å². The lowest BCUT2D eigenvalue weighted by Crippen LogP contribution is -2.45. The summed E-state index contributed by atoms with van der Waals surface area (Å²) in [6.45, 7) is 2.03. The van der Waals surface area contributed by atoms with Crippen LogP contribution in [0.2, 0.25) is 5.02 Å². The Hall–Kier alpha value is -2.58. The molecule has 0 aliphatic carbocycles. The summed E-state index contributed by atoms with van der Waals surface area (Å²) >= 11 is 6.13. The van der Waals surface area contributed by atoms with Crippen LogP contribution >= 0.6 is 11.6 Å². The number of rotatable bonds is 7. The molecule has 1 aliphatic rings. The van der Waals surface area contributed by atoms with E-state index in [1.807, 2.05) is 12.1 Å². The van der Waals surface area contributed by atoms with Gasteiger partial charge in [0.2, 0.25) is 5.91 Å². The third kappa shape index (κ3) is 4.76. The molecule has 1 heterocycles. The summed E-state index contributed by atoms with van der Waals surface area (Å²) in [6, 6.07) is 9.41. The second-order valence-electron chi connectivity index (χ2n) is 7.32. The molecule has 3 rings (SSSR count). The van der Waals surface area contributed by atoms with E-state index in [2.05, 4.69) is 5.32 Å². The van der Waals surface area contributed by atoms with Gasteiger partial charge in [0.05, 0.1) is 18.6 Å². The van der Waals surface area contributed by atoms with Crippen LogP contribution in [0.4, 0.5) is 5.69 Å². The van der Waals surface area contributed by atoms with Crippen LogP contribution in [0.3, 0.4) is 0 Å².